The Morgan fingerprint density at radius 3 is 2.36 bits per heavy atom. The summed E-state index contributed by atoms with van der Waals surface area (Å²) in [4.78, 5) is 12.9. The van der Waals surface area contributed by atoms with Gasteiger partial charge >= 0.3 is 0 Å². The largest absolute Gasteiger partial charge is 0.454 e. The Balaban J connectivity index is 1.83. The predicted molar refractivity (Wildman–Crippen MR) is 99.3 cm³/mol. The summed E-state index contributed by atoms with van der Waals surface area (Å²) in [6, 6.07) is 3.72. The Morgan fingerprint density at radius 2 is 1.72 bits per heavy atom. The molecule has 0 unspecified atom stereocenters. The first kappa shape index (κ1) is 18.5. The van der Waals surface area contributed by atoms with Crippen molar-refractivity contribution >= 4 is 13.1 Å². The van der Waals surface area contributed by atoms with E-state index in [4.69, 9.17) is 9.47 Å². The van der Waals surface area contributed by atoms with Crippen molar-refractivity contribution in [2.24, 2.45) is 0 Å². The molecule has 1 aromatic carbocycles. The molecule has 0 atom stereocenters. The van der Waals surface area contributed by atoms with Gasteiger partial charge in [0.25, 0.3) is 0 Å². The molecule has 0 N–H and O–H groups in total. The molecular weight excluding hydrogens is 337 g/mol. The molecule has 2 aliphatic heterocycles. The van der Waals surface area contributed by atoms with Crippen molar-refractivity contribution in [2.45, 2.75) is 46.0 Å². The van der Waals surface area contributed by atoms with Crippen LogP contribution in [0.4, 0.5) is 0 Å². The van der Waals surface area contributed by atoms with E-state index in [0.29, 0.717) is 23.6 Å². The minimum Gasteiger partial charge on any atom is -0.454 e. The monoisotopic (exact) mass is 365 g/mol. The average molecular weight is 365 g/mol. The summed E-state index contributed by atoms with van der Waals surface area (Å²) in [7, 11) is -2.49. The zero-order valence-electron chi connectivity index (χ0n) is 15.3. The quantitative estimate of drug-likeness (QED) is 0.673. The standard InChI is InChI=1S/C19H28NO4P/c1-3-5-9-25(22,10-6-4-2)20-8-7-15-11-18-19(24-14-23-18)12-16(15)17(21)13-20/h11-12H,3-10,13-14H2,1-2H3. The Kier molecular flexibility index (Phi) is 5.85. The van der Waals surface area contributed by atoms with E-state index in [9.17, 15) is 9.36 Å². The molecule has 0 radical (unpaired) electrons. The normalized spacial score (nSPS) is 17.4. The summed E-state index contributed by atoms with van der Waals surface area (Å²) in [5.41, 5.74) is 1.68. The zero-order valence-corrected chi connectivity index (χ0v) is 16.1. The van der Waals surface area contributed by atoms with Gasteiger partial charge < -0.3 is 14.0 Å². The van der Waals surface area contributed by atoms with Gasteiger partial charge in [-0.2, -0.15) is 0 Å². The first-order valence-electron chi connectivity index (χ1n) is 9.36. The number of ketones is 1. The molecule has 6 heteroatoms. The maximum absolute atomic E-state index is 13.7. The van der Waals surface area contributed by atoms with Gasteiger partial charge in [0.15, 0.2) is 24.6 Å². The number of Topliss-reactive ketones (excluding diaryl/α,β-unsaturated/α-hetero) is 1. The highest BCUT2D eigenvalue weighted by Crippen LogP contribution is 2.52. The van der Waals surface area contributed by atoms with Gasteiger partial charge in [-0.25, -0.2) is 4.67 Å². The van der Waals surface area contributed by atoms with Gasteiger partial charge in [0.1, 0.15) is 0 Å². The van der Waals surface area contributed by atoms with Gasteiger partial charge in [0.2, 0.25) is 6.79 Å². The van der Waals surface area contributed by atoms with Crippen LogP contribution in [0, 0.1) is 0 Å². The Labute approximate surface area is 150 Å². The molecule has 0 saturated carbocycles. The van der Waals surface area contributed by atoms with Crippen LogP contribution in [-0.4, -0.2) is 42.7 Å². The number of nitrogens with zero attached hydrogens (tertiary/aromatic N) is 1. The number of carbonyl (C=O) groups is 1. The van der Waals surface area contributed by atoms with Crippen LogP contribution in [0.25, 0.3) is 0 Å². The van der Waals surface area contributed by atoms with Crippen molar-refractivity contribution in [1.29, 1.82) is 0 Å². The topological polar surface area (TPSA) is 55.8 Å². The summed E-state index contributed by atoms with van der Waals surface area (Å²) in [5.74, 6) is 1.39. The summed E-state index contributed by atoms with van der Waals surface area (Å²) in [6.07, 6.45) is 6.12. The first-order chi connectivity index (χ1) is 12.1. The van der Waals surface area contributed by atoms with Crippen molar-refractivity contribution in [2.75, 3.05) is 32.2 Å². The number of carbonyl (C=O) groups excluding carboxylic acids is 1. The number of rotatable bonds is 7. The van der Waals surface area contributed by atoms with Gasteiger partial charge in [-0.15, -0.1) is 0 Å². The molecule has 2 aliphatic rings. The Morgan fingerprint density at radius 1 is 1.08 bits per heavy atom. The lowest BCUT2D eigenvalue weighted by molar-refractivity contribution is 0.0970. The summed E-state index contributed by atoms with van der Waals surface area (Å²) >= 11 is 0. The van der Waals surface area contributed by atoms with Gasteiger partial charge in [-0.3, -0.25) is 4.79 Å². The van der Waals surface area contributed by atoms with E-state index in [1.165, 1.54) is 0 Å². The molecule has 0 spiro atoms. The van der Waals surface area contributed by atoms with Gasteiger partial charge in [-0.05, 0) is 37.0 Å². The minimum absolute atomic E-state index is 0.0408. The third-order valence-corrected chi connectivity index (χ3v) is 8.50. The number of ether oxygens (including phenoxy) is 2. The molecule has 0 bridgehead atoms. The number of fused-ring (bicyclic) bond motifs is 2. The van der Waals surface area contributed by atoms with Crippen LogP contribution in [-0.2, 0) is 11.0 Å². The van der Waals surface area contributed by atoms with Crippen molar-refractivity contribution in [3.8, 4) is 11.5 Å². The van der Waals surface area contributed by atoms with E-state index in [1.54, 1.807) is 6.07 Å². The fraction of sp³-hybridized carbons (Fsp3) is 0.632. The molecule has 5 nitrogen and oxygen atoms in total. The first-order valence-corrected chi connectivity index (χ1v) is 11.4. The number of hydrogen-bond donors (Lipinski definition) is 0. The van der Waals surface area contributed by atoms with Crippen LogP contribution < -0.4 is 9.47 Å². The van der Waals surface area contributed by atoms with Crippen molar-refractivity contribution < 1.29 is 18.8 Å². The lowest BCUT2D eigenvalue weighted by Crippen LogP contribution is -2.29. The minimum atomic E-state index is -2.49. The maximum Gasteiger partial charge on any atom is 0.231 e. The van der Waals surface area contributed by atoms with Gasteiger partial charge in [-0.1, -0.05) is 26.7 Å². The van der Waals surface area contributed by atoms with Crippen LogP contribution in [0.1, 0.15) is 55.5 Å². The summed E-state index contributed by atoms with van der Waals surface area (Å²) in [6.45, 7) is 5.37. The fourth-order valence-corrected chi connectivity index (χ4v) is 6.81. The van der Waals surface area contributed by atoms with Crippen molar-refractivity contribution in [3.63, 3.8) is 0 Å². The highest BCUT2D eigenvalue weighted by atomic mass is 31.2. The zero-order chi connectivity index (χ0) is 17.9. The van der Waals surface area contributed by atoms with E-state index in [1.807, 2.05) is 10.7 Å². The molecule has 0 saturated heterocycles. The lowest BCUT2D eigenvalue weighted by Gasteiger charge is -2.30. The summed E-state index contributed by atoms with van der Waals surface area (Å²) < 4.78 is 26.5. The summed E-state index contributed by atoms with van der Waals surface area (Å²) in [5, 5.41) is 0. The molecule has 1 aromatic rings. The third-order valence-electron chi connectivity index (χ3n) is 5.10. The average Bonchev–Trinajstić information content (AvgIpc) is 3.01. The molecule has 3 rings (SSSR count). The van der Waals surface area contributed by atoms with Crippen molar-refractivity contribution in [3.05, 3.63) is 23.3 Å². The highest BCUT2D eigenvalue weighted by molar-refractivity contribution is 7.61. The van der Waals surface area contributed by atoms with Gasteiger partial charge in [0.05, 0.1) is 6.54 Å². The fourth-order valence-electron chi connectivity index (χ4n) is 3.55. The van der Waals surface area contributed by atoms with E-state index >= 15 is 0 Å². The second kappa shape index (κ2) is 7.92. The molecular formula is C19H28NO4P. The molecule has 0 fully saturated rings. The van der Waals surface area contributed by atoms with Crippen molar-refractivity contribution in [1.82, 2.24) is 4.67 Å². The smallest absolute Gasteiger partial charge is 0.231 e. The van der Waals surface area contributed by atoms with E-state index in [2.05, 4.69) is 13.8 Å². The van der Waals surface area contributed by atoms with Crippen LogP contribution in [0.15, 0.2) is 12.1 Å². The Hall–Kier alpha value is -1.32. The SMILES string of the molecule is CCCCP(=O)(CCCC)N1CCc2cc3c(cc2C(=O)C1)OCO3. The van der Waals surface area contributed by atoms with Gasteiger partial charge in [0, 0.05) is 24.4 Å². The maximum atomic E-state index is 13.7. The van der Waals surface area contributed by atoms with Crippen LogP contribution in [0.5, 0.6) is 11.5 Å². The molecule has 2 heterocycles. The van der Waals surface area contributed by atoms with E-state index in [0.717, 1.165) is 50.0 Å². The number of hydrogen-bond acceptors (Lipinski definition) is 4. The van der Waals surface area contributed by atoms with E-state index < -0.39 is 7.29 Å². The Bertz CT molecular complexity index is 676. The van der Waals surface area contributed by atoms with Crippen LogP contribution >= 0.6 is 7.29 Å². The second-order valence-electron chi connectivity index (χ2n) is 6.92. The highest BCUT2D eigenvalue weighted by Gasteiger charge is 2.34. The lowest BCUT2D eigenvalue weighted by atomic mass is 10.0. The molecule has 0 aromatic heterocycles. The van der Waals surface area contributed by atoms with Crippen LogP contribution in [0.2, 0.25) is 0 Å². The van der Waals surface area contributed by atoms with E-state index in [-0.39, 0.29) is 19.1 Å². The third kappa shape index (κ3) is 3.93. The number of unbranched alkanes of at least 4 members (excludes halogenated alkanes) is 2. The molecule has 0 amide bonds. The molecule has 0 aliphatic carbocycles. The number of benzene rings is 1. The molecule has 138 valence electrons. The molecule has 25 heavy (non-hydrogen) atoms. The predicted octanol–water partition coefficient (Wildman–Crippen LogP) is 4.33. The second-order valence-corrected chi connectivity index (χ2v) is 10.1. The van der Waals surface area contributed by atoms with Crippen LogP contribution in [0.3, 0.4) is 0 Å².